The number of rotatable bonds is 8. The third kappa shape index (κ3) is 4.66. The molecule has 0 saturated carbocycles. The first-order chi connectivity index (χ1) is 17.2. The lowest BCUT2D eigenvalue weighted by Gasteiger charge is -2.32. The van der Waals surface area contributed by atoms with E-state index in [2.05, 4.69) is 135 Å². The molecule has 1 aliphatic carbocycles. The maximum absolute atomic E-state index is 2.46. The summed E-state index contributed by atoms with van der Waals surface area (Å²) in [6.07, 6.45) is 13.7. The molecule has 0 fully saturated rings. The number of benzene rings is 4. The fourth-order valence-corrected chi connectivity index (χ4v) is 5.77. The van der Waals surface area contributed by atoms with Crippen molar-refractivity contribution in [3.8, 4) is 11.1 Å². The number of fused-ring (bicyclic) bond motifs is 3. The van der Waals surface area contributed by atoms with Crippen molar-refractivity contribution < 1.29 is 0 Å². The first-order valence-corrected chi connectivity index (χ1v) is 13.0. The smallest absolute Gasteiger partial charge is 0.0215 e. The van der Waals surface area contributed by atoms with Gasteiger partial charge in [0.25, 0.3) is 0 Å². The van der Waals surface area contributed by atoms with Crippen LogP contribution in [0, 0.1) is 0 Å². The summed E-state index contributed by atoms with van der Waals surface area (Å²) in [4.78, 5) is 0. The molecule has 174 valence electrons. The van der Waals surface area contributed by atoms with E-state index in [1.807, 2.05) is 0 Å². The van der Waals surface area contributed by atoms with Crippen LogP contribution in [0.15, 0.2) is 97.1 Å². The van der Waals surface area contributed by atoms with Gasteiger partial charge in [0.2, 0.25) is 0 Å². The van der Waals surface area contributed by atoms with Gasteiger partial charge in [-0.3, -0.25) is 0 Å². The van der Waals surface area contributed by atoms with Crippen molar-refractivity contribution in [3.63, 3.8) is 0 Å². The molecule has 0 atom stereocenters. The Morgan fingerprint density at radius 3 is 1.29 bits per heavy atom. The molecule has 0 unspecified atom stereocenters. The summed E-state index contributed by atoms with van der Waals surface area (Å²) in [6.45, 7) is 4.65. The zero-order valence-corrected chi connectivity index (χ0v) is 20.9. The first kappa shape index (κ1) is 23.1. The number of hydrogen-bond acceptors (Lipinski definition) is 0. The van der Waals surface area contributed by atoms with E-state index in [1.165, 1.54) is 70.2 Å². The second-order valence-corrected chi connectivity index (χ2v) is 9.68. The zero-order chi connectivity index (χ0) is 24.1. The maximum atomic E-state index is 2.46. The predicted octanol–water partition coefficient (Wildman–Crippen LogP) is 9.89. The summed E-state index contributed by atoms with van der Waals surface area (Å²) in [7, 11) is 0. The molecular weight excluding hydrogens is 420 g/mol. The second kappa shape index (κ2) is 10.3. The molecule has 0 aromatic heterocycles. The highest BCUT2D eigenvalue weighted by Gasteiger charge is 2.41. The van der Waals surface area contributed by atoms with Crippen LogP contribution < -0.4 is 0 Å². The quantitative estimate of drug-likeness (QED) is 0.232. The molecule has 35 heavy (non-hydrogen) atoms. The summed E-state index contributed by atoms with van der Waals surface area (Å²) in [5.41, 5.74) is 11.0. The van der Waals surface area contributed by atoms with Gasteiger partial charge in [0, 0.05) is 5.41 Å². The van der Waals surface area contributed by atoms with Gasteiger partial charge in [0.15, 0.2) is 0 Å². The molecule has 0 spiro atoms. The molecule has 0 amide bonds. The highest BCUT2D eigenvalue weighted by atomic mass is 14.4. The molecule has 1 aliphatic rings. The molecular formula is C35H34. The first-order valence-electron chi connectivity index (χ1n) is 13.0. The third-order valence-corrected chi connectivity index (χ3v) is 7.30. The van der Waals surface area contributed by atoms with Crippen LogP contribution in [0.4, 0.5) is 0 Å². The predicted molar refractivity (Wildman–Crippen MR) is 153 cm³/mol. The standard InChI is InChI=1S/C35H34/c1-3-23-35(24-4-2)33-25-29(17-15-27-11-7-5-8-12-27)19-21-31(33)32-22-20-30(26-34(32)35)18-16-28-13-9-6-10-14-28/h5-22,25-26H,3-4,23-24H2,1-2H3/b17-15+,18-16+. The SMILES string of the molecule is CCCC1(CCC)c2cc(/C=C/c3ccccc3)ccc2-c2ccc(/C=C/c3ccccc3)cc21. The second-order valence-electron chi connectivity index (χ2n) is 9.68. The van der Waals surface area contributed by atoms with Crippen molar-refractivity contribution in [1.29, 1.82) is 0 Å². The molecule has 0 heteroatoms. The minimum Gasteiger partial charge on any atom is -0.0653 e. The Morgan fingerprint density at radius 1 is 0.486 bits per heavy atom. The molecule has 0 heterocycles. The maximum Gasteiger partial charge on any atom is 0.0215 e. The monoisotopic (exact) mass is 454 g/mol. The fourth-order valence-electron chi connectivity index (χ4n) is 5.77. The molecule has 4 aromatic rings. The van der Waals surface area contributed by atoms with Gasteiger partial charge >= 0.3 is 0 Å². The van der Waals surface area contributed by atoms with Crippen molar-refractivity contribution in [3.05, 3.63) is 130 Å². The van der Waals surface area contributed by atoms with E-state index in [9.17, 15) is 0 Å². The Morgan fingerprint density at radius 2 is 0.886 bits per heavy atom. The van der Waals surface area contributed by atoms with Crippen LogP contribution in [0.1, 0.15) is 72.9 Å². The lowest BCUT2D eigenvalue weighted by atomic mass is 9.71. The lowest BCUT2D eigenvalue weighted by molar-refractivity contribution is 0.435. The normalized spacial score (nSPS) is 13.9. The van der Waals surface area contributed by atoms with Gasteiger partial charge in [-0.05, 0) is 57.3 Å². The van der Waals surface area contributed by atoms with Crippen molar-refractivity contribution in [2.75, 3.05) is 0 Å². The van der Waals surface area contributed by atoms with Crippen LogP contribution in [-0.2, 0) is 5.41 Å². The van der Waals surface area contributed by atoms with Crippen LogP contribution in [0.3, 0.4) is 0 Å². The summed E-state index contributed by atoms with van der Waals surface area (Å²) < 4.78 is 0. The van der Waals surface area contributed by atoms with Crippen LogP contribution in [-0.4, -0.2) is 0 Å². The Labute approximate surface area is 210 Å². The van der Waals surface area contributed by atoms with Crippen molar-refractivity contribution in [2.45, 2.75) is 44.9 Å². The molecule has 0 aliphatic heterocycles. The zero-order valence-electron chi connectivity index (χ0n) is 20.9. The van der Waals surface area contributed by atoms with Gasteiger partial charge in [-0.15, -0.1) is 0 Å². The highest BCUT2D eigenvalue weighted by Crippen LogP contribution is 2.54. The fraction of sp³-hybridized carbons (Fsp3) is 0.200. The van der Waals surface area contributed by atoms with Gasteiger partial charge in [-0.2, -0.15) is 0 Å². The average Bonchev–Trinajstić information content (AvgIpc) is 3.16. The number of hydrogen-bond donors (Lipinski definition) is 0. The van der Waals surface area contributed by atoms with Gasteiger partial charge in [0.1, 0.15) is 0 Å². The van der Waals surface area contributed by atoms with Gasteiger partial charge in [-0.25, -0.2) is 0 Å². The summed E-state index contributed by atoms with van der Waals surface area (Å²) >= 11 is 0. The van der Waals surface area contributed by atoms with Crippen molar-refractivity contribution in [1.82, 2.24) is 0 Å². The molecule has 0 saturated heterocycles. The van der Waals surface area contributed by atoms with E-state index in [0.29, 0.717) is 0 Å². The molecule has 0 radical (unpaired) electrons. The van der Waals surface area contributed by atoms with Gasteiger partial charge < -0.3 is 0 Å². The molecule has 5 rings (SSSR count). The molecule has 0 nitrogen and oxygen atoms in total. The average molecular weight is 455 g/mol. The Hall–Kier alpha value is -3.64. The Bertz CT molecular complexity index is 1230. The van der Waals surface area contributed by atoms with E-state index < -0.39 is 0 Å². The summed E-state index contributed by atoms with van der Waals surface area (Å²) in [6, 6.07) is 35.3. The van der Waals surface area contributed by atoms with E-state index in [-0.39, 0.29) is 5.41 Å². The topological polar surface area (TPSA) is 0 Å². The van der Waals surface area contributed by atoms with Gasteiger partial charge in [-0.1, -0.05) is 148 Å². The Kier molecular flexibility index (Phi) is 6.82. The van der Waals surface area contributed by atoms with E-state index in [4.69, 9.17) is 0 Å². The molecule has 0 bridgehead atoms. The summed E-state index contributed by atoms with van der Waals surface area (Å²) in [5.74, 6) is 0. The largest absolute Gasteiger partial charge is 0.0653 e. The van der Waals surface area contributed by atoms with E-state index in [1.54, 1.807) is 0 Å². The highest BCUT2D eigenvalue weighted by molar-refractivity contribution is 5.85. The van der Waals surface area contributed by atoms with Crippen molar-refractivity contribution in [2.24, 2.45) is 0 Å². The molecule has 4 aromatic carbocycles. The minimum absolute atomic E-state index is 0.0847. The summed E-state index contributed by atoms with van der Waals surface area (Å²) in [5, 5.41) is 0. The van der Waals surface area contributed by atoms with Crippen LogP contribution in [0.5, 0.6) is 0 Å². The van der Waals surface area contributed by atoms with Crippen molar-refractivity contribution >= 4 is 24.3 Å². The third-order valence-electron chi connectivity index (χ3n) is 7.30. The Balaban J connectivity index is 1.57. The van der Waals surface area contributed by atoms with Crippen LogP contribution in [0.2, 0.25) is 0 Å². The van der Waals surface area contributed by atoms with Crippen LogP contribution >= 0.6 is 0 Å². The van der Waals surface area contributed by atoms with Crippen LogP contribution in [0.25, 0.3) is 35.4 Å². The van der Waals surface area contributed by atoms with Gasteiger partial charge in [0.05, 0.1) is 0 Å². The lowest BCUT2D eigenvalue weighted by Crippen LogP contribution is -2.25. The minimum atomic E-state index is 0.0847. The molecule has 0 N–H and O–H groups in total. The van der Waals surface area contributed by atoms with E-state index in [0.717, 1.165) is 0 Å². The van der Waals surface area contributed by atoms with E-state index >= 15 is 0 Å².